The molecule has 3 N–H and O–H groups in total. The second-order valence-corrected chi connectivity index (χ2v) is 3.42. The van der Waals surface area contributed by atoms with Crippen LogP contribution in [0.15, 0.2) is 11.7 Å². The summed E-state index contributed by atoms with van der Waals surface area (Å²) in [6.45, 7) is 0.0683. The minimum Gasteiger partial charge on any atom is -0.395 e. The average molecular weight is 172 g/mol. The number of aliphatic hydroxyl groups excluding tert-OH is 1. The van der Waals surface area contributed by atoms with Crippen LogP contribution in [0.5, 0.6) is 0 Å². The number of nitrogens with zero attached hydrogens (tertiary/aromatic N) is 1. The molecule has 0 radical (unpaired) electrons. The smallest absolute Gasteiger partial charge is 0.0794 e. The third-order valence-corrected chi connectivity index (χ3v) is 2.32. The van der Waals surface area contributed by atoms with E-state index in [1.807, 2.05) is 6.20 Å². The number of thiazole rings is 1. The highest BCUT2D eigenvalue weighted by Gasteiger charge is 2.01. The van der Waals surface area contributed by atoms with E-state index in [9.17, 15) is 0 Å². The predicted octanol–water partition coefficient (Wildman–Crippen LogP) is 0.395. The van der Waals surface area contributed by atoms with Gasteiger partial charge in [-0.25, -0.2) is 0 Å². The van der Waals surface area contributed by atoms with Gasteiger partial charge in [0.2, 0.25) is 0 Å². The Morgan fingerprint density at radius 2 is 2.55 bits per heavy atom. The van der Waals surface area contributed by atoms with Crippen LogP contribution in [-0.4, -0.2) is 22.7 Å². The van der Waals surface area contributed by atoms with Crippen LogP contribution < -0.4 is 5.73 Å². The highest BCUT2D eigenvalue weighted by Crippen LogP contribution is 2.08. The van der Waals surface area contributed by atoms with Crippen molar-refractivity contribution >= 4 is 11.3 Å². The number of aromatic nitrogens is 1. The van der Waals surface area contributed by atoms with Crippen LogP contribution in [0.4, 0.5) is 0 Å². The fourth-order valence-electron chi connectivity index (χ4n) is 0.785. The van der Waals surface area contributed by atoms with Gasteiger partial charge in [0, 0.05) is 17.1 Å². The number of aryl methyl sites for hydroxylation is 1. The van der Waals surface area contributed by atoms with Gasteiger partial charge in [0.15, 0.2) is 0 Å². The van der Waals surface area contributed by atoms with Crippen LogP contribution in [0.3, 0.4) is 0 Å². The van der Waals surface area contributed by atoms with Crippen LogP contribution in [0, 0.1) is 0 Å². The predicted molar refractivity (Wildman–Crippen MR) is 45.5 cm³/mol. The summed E-state index contributed by atoms with van der Waals surface area (Å²) in [5.41, 5.74) is 7.33. The quantitative estimate of drug-likeness (QED) is 0.691. The number of hydrogen-bond donors (Lipinski definition) is 2. The van der Waals surface area contributed by atoms with Gasteiger partial charge in [0.05, 0.1) is 12.1 Å². The zero-order valence-corrected chi connectivity index (χ0v) is 7.05. The van der Waals surface area contributed by atoms with E-state index in [-0.39, 0.29) is 12.6 Å². The molecule has 3 nitrogen and oxygen atoms in total. The van der Waals surface area contributed by atoms with Gasteiger partial charge in [-0.3, -0.25) is 4.98 Å². The summed E-state index contributed by atoms with van der Waals surface area (Å²) in [5, 5.41) is 8.63. The van der Waals surface area contributed by atoms with E-state index in [2.05, 4.69) is 4.98 Å². The monoisotopic (exact) mass is 172 g/mol. The van der Waals surface area contributed by atoms with E-state index in [1.165, 1.54) is 4.88 Å². The maximum Gasteiger partial charge on any atom is 0.0794 e. The highest BCUT2D eigenvalue weighted by molar-refractivity contribution is 7.09. The molecule has 0 spiro atoms. The Labute approximate surface area is 69.9 Å². The lowest BCUT2D eigenvalue weighted by Gasteiger charge is -2.04. The molecule has 0 fully saturated rings. The van der Waals surface area contributed by atoms with Crippen LogP contribution in [-0.2, 0) is 6.42 Å². The topological polar surface area (TPSA) is 59.1 Å². The van der Waals surface area contributed by atoms with Crippen LogP contribution in [0.1, 0.15) is 11.3 Å². The summed E-state index contributed by atoms with van der Waals surface area (Å²) >= 11 is 1.63. The molecule has 11 heavy (non-hydrogen) atoms. The number of hydrogen-bond acceptors (Lipinski definition) is 4. The van der Waals surface area contributed by atoms with Gasteiger partial charge in [-0.2, -0.15) is 0 Å². The third kappa shape index (κ3) is 2.96. The second kappa shape index (κ2) is 4.43. The van der Waals surface area contributed by atoms with Gasteiger partial charge in [-0.05, 0) is 12.8 Å². The van der Waals surface area contributed by atoms with E-state index in [0.717, 1.165) is 12.8 Å². The molecule has 0 saturated heterocycles. The Hall–Kier alpha value is -0.450. The Kier molecular flexibility index (Phi) is 3.48. The van der Waals surface area contributed by atoms with Crippen LogP contribution >= 0.6 is 11.3 Å². The van der Waals surface area contributed by atoms with Crippen LogP contribution in [0.25, 0.3) is 0 Å². The lowest BCUT2D eigenvalue weighted by molar-refractivity contribution is 0.260. The lowest BCUT2D eigenvalue weighted by atomic mass is 10.2. The Morgan fingerprint density at radius 3 is 3.09 bits per heavy atom. The van der Waals surface area contributed by atoms with Crippen molar-refractivity contribution in [1.82, 2.24) is 4.98 Å². The van der Waals surface area contributed by atoms with E-state index in [4.69, 9.17) is 10.8 Å². The summed E-state index contributed by atoms with van der Waals surface area (Å²) in [6, 6.07) is -0.0860. The lowest BCUT2D eigenvalue weighted by Crippen LogP contribution is -2.24. The van der Waals surface area contributed by atoms with Crippen LogP contribution in [0.2, 0.25) is 0 Å². The molecule has 1 unspecified atom stereocenters. The first kappa shape index (κ1) is 8.64. The van der Waals surface area contributed by atoms with Crippen molar-refractivity contribution in [3.05, 3.63) is 16.6 Å². The molecule has 0 amide bonds. The Bertz CT molecular complexity index is 188. The van der Waals surface area contributed by atoms with Crippen molar-refractivity contribution in [2.45, 2.75) is 18.9 Å². The normalized spacial score (nSPS) is 13.3. The van der Waals surface area contributed by atoms with Gasteiger partial charge in [0.1, 0.15) is 0 Å². The molecular formula is C7H12N2OS. The number of nitrogens with two attached hydrogens (primary N) is 1. The first-order chi connectivity index (χ1) is 5.33. The van der Waals surface area contributed by atoms with Crippen molar-refractivity contribution in [3.8, 4) is 0 Å². The molecule has 1 heterocycles. The third-order valence-electron chi connectivity index (χ3n) is 1.48. The number of rotatable bonds is 4. The van der Waals surface area contributed by atoms with Crippen molar-refractivity contribution < 1.29 is 5.11 Å². The number of aliphatic hydroxyl groups is 1. The molecule has 0 saturated carbocycles. The molecule has 1 aromatic rings. The van der Waals surface area contributed by atoms with Crippen molar-refractivity contribution in [3.63, 3.8) is 0 Å². The van der Waals surface area contributed by atoms with Gasteiger partial charge >= 0.3 is 0 Å². The van der Waals surface area contributed by atoms with Crippen molar-refractivity contribution in [2.24, 2.45) is 5.73 Å². The molecule has 0 aliphatic rings. The first-order valence-electron chi connectivity index (χ1n) is 3.56. The van der Waals surface area contributed by atoms with Crippen molar-refractivity contribution in [1.29, 1.82) is 0 Å². The fourth-order valence-corrected chi connectivity index (χ4v) is 1.40. The Balaban J connectivity index is 2.23. The van der Waals surface area contributed by atoms with Gasteiger partial charge in [-0.15, -0.1) is 11.3 Å². The van der Waals surface area contributed by atoms with Gasteiger partial charge in [-0.1, -0.05) is 0 Å². The molecule has 62 valence electrons. The summed E-state index contributed by atoms with van der Waals surface area (Å²) in [5.74, 6) is 0. The van der Waals surface area contributed by atoms with Crippen molar-refractivity contribution in [2.75, 3.05) is 6.61 Å². The average Bonchev–Trinajstić information content (AvgIpc) is 2.52. The molecule has 1 atom stereocenters. The molecular weight excluding hydrogens is 160 g/mol. The molecule has 1 rings (SSSR count). The van der Waals surface area contributed by atoms with Gasteiger partial charge in [0.25, 0.3) is 0 Å². The van der Waals surface area contributed by atoms with E-state index < -0.39 is 0 Å². The Morgan fingerprint density at radius 1 is 1.73 bits per heavy atom. The maximum atomic E-state index is 8.63. The van der Waals surface area contributed by atoms with E-state index >= 15 is 0 Å². The molecule has 0 bridgehead atoms. The standard InChI is InChI=1S/C7H12N2OS/c8-6(4-10)1-2-7-3-9-5-11-7/h3,5-6,10H,1-2,4,8H2. The molecule has 4 heteroatoms. The summed E-state index contributed by atoms with van der Waals surface area (Å²) in [7, 11) is 0. The zero-order chi connectivity index (χ0) is 8.10. The summed E-state index contributed by atoms with van der Waals surface area (Å²) in [4.78, 5) is 5.17. The molecule has 0 aliphatic heterocycles. The minimum atomic E-state index is -0.0860. The minimum absolute atomic E-state index is 0.0683. The van der Waals surface area contributed by atoms with E-state index in [0.29, 0.717) is 0 Å². The maximum absolute atomic E-state index is 8.63. The SMILES string of the molecule is NC(CO)CCc1cncs1. The molecule has 1 aromatic heterocycles. The van der Waals surface area contributed by atoms with E-state index in [1.54, 1.807) is 16.8 Å². The summed E-state index contributed by atoms with van der Waals surface area (Å²) in [6.07, 6.45) is 3.60. The first-order valence-corrected chi connectivity index (χ1v) is 4.44. The highest BCUT2D eigenvalue weighted by atomic mass is 32.1. The fraction of sp³-hybridized carbons (Fsp3) is 0.571. The van der Waals surface area contributed by atoms with Gasteiger partial charge < -0.3 is 10.8 Å². The zero-order valence-electron chi connectivity index (χ0n) is 6.23. The molecule has 0 aliphatic carbocycles. The molecule has 0 aromatic carbocycles. The summed E-state index contributed by atoms with van der Waals surface area (Å²) < 4.78 is 0. The largest absolute Gasteiger partial charge is 0.395 e. The second-order valence-electron chi connectivity index (χ2n) is 2.45.